The first-order chi connectivity index (χ1) is 13.2. The largest absolute Gasteiger partial charge is 0.370 e. The van der Waals surface area contributed by atoms with Gasteiger partial charge in [-0.2, -0.15) is 0 Å². The summed E-state index contributed by atoms with van der Waals surface area (Å²) in [4.78, 5) is 17.6. The highest BCUT2D eigenvalue weighted by Crippen LogP contribution is 2.27. The predicted octanol–water partition coefficient (Wildman–Crippen LogP) is 4.01. The van der Waals surface area contributed by atoms with Crippen LogP contribution in [-0.4, -0.2) is 48.0 Å². The molecule has 0 radical (unpaired) electrons. The van der Waals surface area contributed by atoms with E-state index in [-0.39, 0.29) is 18.1 Å². The summed E-state index contributed by atoms with van der Waals surface area (Å²) in [5.41, 5.74) is 2.40. The molecule has 2 aromatic carbocycles. The normalized spacial score (nSPS) is 23.5. The minimum absolute atomic E-state index is 0.00567. The van der Waals surface area contributed by atoms with Crippen LogP contribution in [0.1, 0.15) is 30.1 Å². The highest BCUT2D eigenvalue weighted by molar-refractivity contribution is 9.10. The molecule has 27 heavy (non-hydrogen) atoms. The Kier molecular flexibility index (Phi) is 5.91. The fraction of sp³-hybridized carbons (Fsp3) is 0.409. The number of benzene rings is 2. The highest BCUT2D eigenvalue weighted by atomic mass is 79.9. The molecule has 2 fully saturated rings. The van der Waals surface area contributed by atoms with Gasteiger partial charge in [0.1, 0.15) is 6.10 Å². The second kappa shape index (κ2) is 8.55. The number of carbonyl (C=O) groups excluding carboxylic acids is 1. The zero-order valence-corrected chi connectivity index (χ0v) is 17.0. The molecule has 4 rings (SSSR count). The van der Waals surface area contributed by atoms with Crippen LogP contribution in [0.15, 0.2) is 59.1 Å². The van der Waals surface area contributed by atoms with Crippen LogP contribution in [0.3, 0.4) is 0 Å². The Labute approximate surface area is 169 Å². The summed E-state index contributed by atoms with van der Waals surface area (Å²) in [5.74, 6) is 0.258. The first kappa shape index (κ1) is 18.7. The Morgan fingerprint density at radius 3 is 2.63 bits per heavy atom. The van der Waals surface area contributed by atoms with Crippen molar-refractivity contribution in [2.24, 2.45) is 0 Å². The molecule has 4 nitrogen and oxygen atoms in total. The van der Waals surface area contributed by atoms with Gasteiger partial charge in [-0.05, 0) is 42.6 Å². The fourth-order valence-electron chi connectivity index (χ4n) is 4.05. The monoisotopic (exact) mass is 428 g/mol. The Balaban J connectivity index is 1.42. The Morgan fingerprint density at radius 2 is 1.85 bits per heavy atom. The molecule has 0 aliphatic carbocycles. The molecule has 2 aliphatic heterocycles. The lowest BCUT2D eigenvalue weighted by molar-refractivity contribution is -0.144. The lowest BCUT2D eigenvalue weighted by atomic mass is 10.1. The van der Waals surface area contributed by atoms with Gasteiger partial charge >= 0.3 is 0 Å². The number of nitrogens with zero attached hydrogens (tertiary/aromatic N) is 2. The van der Waals surface area contributed by atoms with Crippen molar-refractivity contribution < 1.29 is 9.53 Å². The maximum absolute atomic E-state index is 13.3. The summed E-state index contributed by atoms with van der Waals surface area (Å²) in [5, 5.41) is 0. The quantitative estimate of drug-likeness (QED) is 0.737. The molecule has 0 spiro atoms. The average molecular weight is 429 g/mol. The van der Waals surface area contributed by atoms with Gasteiger partial charge in [-0.25, -0.2) is 0 Å². The molecule has 2 aliphatic rings. The van der Waals surface area contributed by atoms with Crippen molar-refractivity contribution in [3.8, 4) is 0 Å². The van der Waals surface area contributed by atoms with Crippen molar-refractivity contribution in [1.82, 2.24) is 9.80 Å². The number of amides is 1. The molecule has 5 heteroatoms. The summed E-state index contributed by atoms with van der Waals surface area (Å²) in [6.07, 6.45) is 2.00. The maximum atomic E-state index is 13.3. The maximum Gasteiger partial charge on any atom is 0.240 e. The van der Waals surface area contributed by atoms with Crippen LogP contribution in [0, 0.1) is 0 Å². The third-order valence-electron chi connectivity index (χ3n) is 5.50. The Morgan fingerprint density at radius 1 is 1.07 bits per heavy atom. The van der Waals surface area contributed by atoms with Crippen LogP contribution in [-0.2, 0) is 16.1 Å². The number of hydrogen-bond donors (Lipinski definition) is 0. The van der Waals surface area contributed by atoms with E-state index in [0.29, 0.717) is 19.7 Å². The number of ether oxygens (including phenoxy) is 1. The van der Waals surface area contributed by atoms with Crippen molar-refractivity contribution in [2.45, 2.75) is 31.5 Å². The SMILES string of the molecule is O=C(C1CCCN1Cc1ccccc1)N1CCOC(c2ccc(Br)cc2)C1. The molecular formula is C22H25BrN2O2. The summed E-state index contributed by atoms with van der Waals surface area (Å²) < 4.78 is 7.00. The standard InChI is InChI=1S/C22H25BrN2O2/c23-19-10-8-18(9-11-19)21-16-25(13-14-27-21)22(26)20-7-4-12-24(20)15-17-5-2-1-3-6-17/h1-3,5-6,8-11,20-21H,4,7,12-16H2. The molecule has 2 saturated heterocycles. The average Bonchev–Trinajstić information content (AvgIpc) is 3.17. The molecule has 2 atom stereocenters. The van der Waals surface area contributed by atoms with Gasteiger partial charge < -0.3 is 9.64 Å². The van der Waals surface area contributed by atoms with Crippen molar-refractivity contribution in [2.75, 3.05) is 26.2 Å². The van der Waals surface area contributed by atoms with E-state index in [1.165, 1.54) is 5.56 Å². The van der Waals surface area contributed by atoms with Crippen molar-refractivity contribution >= 4 is 21.8 Å². The van der Waals surface area contributed by atoms with E-state index in [9.17, 15) is 4.79 Å². The number of morpholine rings is 1. The Bertz CT molecular complexity index is 766. The van der Waals surface area contributed by atoms with Gasteiger partial charge in [0.25, 0.3) is 0 Å². The second-order valence-electron chi connectivity index (χ2n) is 7.31. The third-order valence-corrected chi connectivity index (χ3v) is 6.03. The number of hydrogen-bond acceptors (Lipinski definition) is 3. The van der Waals surface area contributed by atoms with E-state index in [2.05, 4.69) is 57.2 Å². The smallest absolute Gasteiger partial charge is 0.240 e. The van der Waals surface area contributed by atoms with Gasteiger partial charge in [0, 0.05) is 17.6 Å². The van der Waals surface area contributed by atoms with Crippen LogP contribution in [0.4, 0.5) is 0 Å². The Hall–Kier alpha value is -1.69. The van der Waals surface area contributed by atoms with Gasteiger partial charge in [-0.15, -0.1) is 0 Å². The van der Waals surface area contributed by atoms with Crippen molar-refractivity contribution in [1.29, 1.82) is 0 Å². The topological polar surface area (TPSA) is 32.8 Å². The first-order valence-electron chi connectivity index (χ1n) is 9.64. The molecule has 0 aromatic heterocycles. The van der Waals surface area contributed by atoms with Gasteiger partial charge in [0.2, 0.25) is 5.91 Å². The van der Waals surface area contributed by atoms with E-state index in [1.54, 1.807) is 0 Å². The third kappa shape index (κ3) is 4.42. The minimum Gasteiger partial charge on any atom is -0.370 e. The zero-order chi connectivity index (χ0) is 18.6. The summed E-state index contributed by atoms with van der Waals surface area (Å²) >= 11 is 3.47. The fourth-order valence-corrected chi connectivity index (χ4v) is 4.32. The summed E-state index contributed by atoms with van der Waals surface area (Å²) in [6.45, 7) is 3.75. The van der Waals surface area contributed by atoms with Crippen LogP contribution >= 0.6 is 15.9 Å². The molecule has 2 heterocycles. The number of likely N-dealkylation sites (tertiary alicyclic amines) is 1. The van der Waals surface area contributed by atoms with Crippen LogP contribution in [0.2, 0.25) is 0 Å². The first-order valence-corrected chi connectivity index (χ1v) is 10.4. The van der Waals surface area contributed by atoms with E-state index >= 15 is 0 Å². The number of carbonyl (C=O) groups is 1. The van der Waals surface area contributed by atoms with Gasteiger partial charge in [-0.3, -0.25) is 9.69 Å². The lowest BCUT2D eigenvalue weighted by Gasteiger charge is -2.36. The zero-order valence-electron chi connectivity index (χ0n) is 15.4. The van der Waals surface area contributed by atoms with Crippen molar-refractivity contribution in [3.63, 3.8) is 0 Å². The number of rotatable bonds is 4. The van der Waals surface area contributed by atoms with Gasteiger partial charge in [0.15, 0.2) is 0 Å². The molecular weight excluding hydrogens is 404 g/mol. The number of halogens is 1. The van der Waals surface area contributed by atoms with E-state index in [1.807, 2.05) is 23.1 Å². The molecule has 1 amide bonds. The van der Waals surface area contributed by atoms with Crippen LogP contribution in [0.25, 0.3) is 0 Å². The minimum atomic E-state index is -0.0419. The predicted molar refractivity (Wildman–Crippen MR) is 109 cm³/mol. The van der Waals surface area contributed by atoms with Crippen LogP contribution in [0.5, 0.6) is 0 Å². The van der Waals surface area contributed by atoms with Crippen molar-refractivity contribution in [3.05, 3.63) is 70.2 Å². The van der Waals surface area contributed by atoms with E-state index < -0.39 is 0 Å². The molecule has 0 saturated carbocycles. The van der Waals surface area contributed by atoms with Gasteiger partial charge in [-0.1, -0.05) is 58.4 Å². The van der Waals surface area contributed by atoms with E-state index in [0.717, 1.165) is 36.0 Å². The molecule has 2 aromatic rings. The van der Waals surface area contributed by atoms with Crippen LogP contribution < -0.4 is 0 Å². The molecule has 2 unspecified atom stereocenters. The molecule has 142 valence electrons. The van der Waals surface area contributed by atoms with E-state index in [4.69, 9.17) is 4.74 Å². The second-order valence-corrected chi connectivity index (χ2v) is 8.23. The molecule has 0 bridgehead atoms. The highest BCUT2D eigenvalue weighted by Gasteiger charge is 2.35. The summed E-state index contributed by atoms with van der Waals surface area (Å²) in [7, 11) is 0. The molecule has 0 N–H and O–H groups in total. The van der Waals surface area contributed by atoms with Gasteiger partial charge in [0.05, 0.1) is 19.2 Å². The lowest BCUT2D eigenvalue weighted by Crippen LogP contribution is -2.50. The summed E-state index contributed by atoms with van der Waals surface area (Å²) in [6, 6.07) is 18.6.